The number of nitrogens with zero attached hydrogens (tertiary/aromatic N) is 4. The molecule has 2 N–H and O–H groups in total. The SMILES string of the molecule is Cc1cccc(C(=O)NC(Cc2ccccc2)C(O)CN(CC2CCCO2)S(=O)(=O)c2cn(C)cn2)n1. The molecular weight excluding hydrogens is 494 g/mol. The number of carbonyl (C=O) groups excluding carboxylic acids is 1. The molecule has 10 nitrogen and oxygen atoms in total. The Morgan fingerprint density at radius 3 is 2.68 bits per heavy atom. The van der Waals surface area contributed by atoms with E-state index < -0.39 is 28.1 Å². The number of aryl methyl sites for hydroxylation is 2. The summed E-state index contributed by atoms with van der Waals surface area (Å²) in [5.74, 6) is -0.443. The number of sulfonamides is 1. The lowest BCUT2D eigenvalue weighted by Crippen LogP contribution is -2.51. The molecule has 1 aliphatic heterocycles. The third-order valence-corrected chi connectivity index (χ3v) is 8.03. The van der Waals surface area contributed by atoms with Crippen molar-refractivity contribution in [3.05, 3.63) is 78.0 Å². The Morgan fingerprint density at radius 2 is 2.03 bits per heavy atom. The smallest absolute Gasteiger partial charge is 0.270 e. The van der Waals surface area contributed by atoms with E-state index in [1.54, 1.807) is 36.7 Å². The summed E-state index contributed by atoms with van der Waals surface area (Å²) in [4.78, 5) is 21.3. The monoisotopic (exact) mass is 527 g/mol. The summed E-state index contributed by atoms with van der Waals surface area (Å²) in [6.45, 7) is 2.21. The van der Waals surface area contributed by atoms with Gasteiger partial charge in [0.05, 0.1) is 24.6 Å². The first-order chi connectivity index (χ1) is 17.7. The van der Waals surface area contributed by atoms with Gasteiger partial charge in [-0.05, 0) is 43.9 Å². The Balaban J connectivity index is 1.59. The van der Waals surface area contributed by atoms with Crippen LogP contribution < -0.4 is 5.32 Å². The van der Waals surface area contributed by atoms with Crippen LogP contribution in [0.4, 0.5) is 0 Å². The summed E-state index contributed by atoms with van der Waals surface area (Å²) >= 11 is 0. The zero-order chi connectivity index (χ0) is 26.4. The van der Waals surface area contributed by atoms with Gasteiger partial charge in [0.1, 0.15) is 5.69 Å². The fraction of sp³-hybridized carbons (Fsp3) is 0.423. The van der Waals surface area contributed by atoms with Crippen molar-refractivity contribution in [2.45, 2.75) is 49.5 Å². The van der Waals surface area contributed by atoms with Gasteiger partial charge in [-0.3, -0.25) is 4.79 Å². The van der Waals surface area contributed by atoms with E-state index in [1.807, 2.05) is 30.3 Å². The Bertz CT molecular complexity index is 1290. The van der Waals surface area contributed by atoms with Crippen LogP contribution in [0.25, 0.3) is 0 Å². The van der Waals surface area contributed by atoms with Crippen molar-refractivity contribution >= 4 is 15.9 Å². The van der Waals surface area contributed by atoms with Crippen molar-refractivity contribution in [2.24, 2.45) is 7.05 Å². The third-order valence-electron chi connectivity index (χ3n) is 6.31. The average molecular weight is 528 g/mol. The first-order valence-corrected chi connectivity index (χ1v) is 13.7. The van der Waals surface area contributed by atoms with Gasteiger partial charge in [-0.15, -0.1) is 0 Å². The Labute approximate surface area is 217 Å². The summed E-state index contributed by atoms with van der Waals surface area (Å²) in [5.41, 5.74) is 1.81. The average Bonchev–Trinajstić information content (AvgIpc) is 3.56. The van der Waals surface area contributed by atoms with Crippen LogP contribution in [0.1, 0.15) is 34.6 Å². The Morgan fingerprint density at radius 1 is 1.24 bits per heavy atom. The number of aliphatic hydroxyl groups excluding tert-OH is 1. The second-order valence-corrected chi connectivity index (χ2v) is 11.2. The number of amides is 1. The van der Waals surface area contributed by atoms with E-state index in [0.717, 1.165) is 18.4 Å². The molecule has 11 heteroatoms. The number of hydrogen-bond acceptors (Lipinski definition) is 7. The first kappa shape index (κ1) is 26.9. The van der Waals surface area contributed by atoms with Crippen LogP contribution in [0.3, 0.4) is 0 Å². The third kappa shape index (κ3) is 7.01. The zero-order valence-corrected chi connectivity index (χ0v) is 21.8. The largest absolute Gasteiger partial charge is 0.390 e. The molecule has 2 aromatic heterocycles. The number of nitrogens with one attached hydrogen (secondary N) is 1. The molecule has 0 saturated carbocycles. The van der Waals surface area contributed by atoms with E-state index in [4.69, 9.17) is 4.74 Å². The van der Waals surface area contributed by atoms with Crippen LogP contribution in [-0.2, 0) is 28.2 Å². The molecule has 3 atom stereocenters. The molecule has 0 spiro atoms. The van der Waals surface area contributed by atoms with Crippen molar-refractivity contribution in [2.75, 3.05) is 19.7 Å². The van der Waals surface area contributed by atoms with Gasteiger partial charge >= 0.3 is 0 Å². The molecule has 3 unspecified atom stereocenters. The second-order valence-electron chi connectivity index (χ2n) is 9.34. The number of rotatable bonds is 11. The number of ether oxygens (including phenoxy) is 1. The number of pyridine rings is 1. The van der Waals surface area contributed by atoms with E-state index in [2.05, 4.69) is 15.3 Å². The lowest BCUT2D eigenvalue weighted by atomic mass is 10.0. The van der Waals surface area contributed by atoms with Crippen LogP contribution in [0.5, 0.6) is 0 Å². The predicted molar refractivity (Wildman–Crippen MR) is 137 cm³/mol. The van der Waals surface area contributed by atoms with Crippen molar-refractivity contribution in [3.63, 3.8) is 0 Å². The highest BCUT2D eigenvalue weighted by Gasteiger charge is 2.34. The van der Waals surface area contributed by atoms with Gasteiger partial charge in [0.2, 0.25) is 0 Å². The fourth-order valence-electron chi connectivity index (χ4n) is 4.34. The molecule has 0 bridgehead atoms. The van der Waals surface area contributed by atoms with E-state index in [1.165, 1.54) is 16.8 Å². The minimum atomic E-state index is -4.02. The van der Waals surface area contributed by atoms with Crippen molar-refractivity contribution in [1.82, 2.24) is 24.2 Å². The zero-order valence-electron chi connectivity index (χ0n) is 21.0. The topological polar surface area (TPSA) is 127 Å². The molecule has 1 aromatic carbocycles. The van der Waals surface area contributed by atoms with Crippen molar-refractivity contribution in [1.29, 1.82) is 0 Å². The van der Waals surface area contributed by atoms with Crippen LogP contribution in [0.15, 0.2) is 66.1 Å². The van der Waals surface area contributed by atoms with Crippen molar-refractivity contribution in [3.8, 4) is 0 Å². The molecule has 0 aliphatic carbocycles. The molecule has 0 radical (unpaired) electrons. The maximum absolute atomic E-state index is 13.5. The van der Waals surface area contributed by atoms with Gasteiger partial charge in [-0.1, -0.05) is 36.4 Å². The van der Waals surface area contributed by atoms with Gasteiger partial charge < -0.3 is 19.7 Å². The molecule has 4 rings (SSSR count). The minimum Gasteiger partial charge on any atom is -0.390 e. The number of carbonyl (C=O) groups is 1. The minimum absolute atomic E-state index is 0.0847. The quantitative estimate of drug-likeness (QED) is 0.389. The summed E-state index contributed by atoms with van der Waals surface area (Å²) in [5, 5.41) is 14.1. The maximum Gasteiger partial charge on any atom is 0.270 e. The molecule has 37 heavy (non-hydrogen) atoms. The summed E-state index contributed by atoms with van der Waals surface area (Å²) in [6.07, 6.45) is 3.24. The highest BCUT2D eigenvalue weighted by Crippen LogP contribution is 2.20. The van der Waals surface area contributed by atoms with Gasteiger partial charge in [-0.2, -0.15) is 4.31 Å². The van der Waals surface area contributed by atoms with Crippen LogP contribution in [0.2, 0.25) is 0 Å². The highest BCUT2D eigenvalue weighted by atomic mass is 32.2. The van der Waals surface area contributed by atoms with Gasteiger partial charge in [0.25, 0.3) is 15.9 Å². The molecule has 1 amide bonds. The first-order valence-electron chi connectivity index (χ1n) is 12.3. The van der Waals surface area contributed by atoms with Gasteiger partial charge in [0, 0.05) is 38.6 Å². The highest BCUT2D eigenvalue weighted by molar-refractivity contribution is 7.89. The predicted octanol–water partition coefficient (Wildman–Crippen LogP) is 1.70. The summed E-state index contributed by atoms with van der Waals surface area (Å²) in [6, 6.07) is 13.8. The number of imidazole rings is 1. The lowest BCUT2D eigenvalue weighted by molar-refractivity contribution is 0.0623. The Kier molecular flexibility index (Phi) is 8.70. The molecule has 198 valence electrons. The van der Waals surface area contributed by atoms with Crippen LogP contribution in [-0.4, -0.2) is 76.2 Å². The van der Waals surface area contributed by atoms with E-state index in [-0.39, 0.29) is 29.9 Å². The number of aliphatic hydroxyl groups is 1. The molecule has 1 fully saturated rings. The normalized spacial score (nSPS) is 17.6. The number of hydrogen-bond donors (Lipinski definition) is 2. The van der Waals surface area contributed by atoms with Crippen molar-refractivity contribution < 1.29 is 23.1 Å². The standard InChI is InChI=1S/C26H33N5O5S/c1-19-8-6-12-22(28-19)26(33)29-23(14-20-9-4-3-5-10-20)24(32)16-31(15-21-11-7-13-36-21)37(34,35)25-17-30(2)18-27-25/h3-6,8-10,12,17-18,21,23-24,32H,7,11,13-16H2,1-2H3,(H,29,33). The molecule has 1 saturated heterocycles. The van der Waals surface area contributed by atoms with Crippen LogP contribution >= 0.6 is 0 Å². The molecule has 3 heterocycles. The number of aromatic nitrogens is 3. The van der Waals surface area contributed by atoms with E-state index >= 15 is 0 Å². The van der Waals surface area contributed by atoms with E-state index in [0.29, 0.717) is 18.7 Å². The lowest BCUT2D eigenvalue weighted by Gasteiger charge is -2.30. The second kappa shape index (κ2) is 12.0. The van der Waals surface area contributed by atoms with Gasteiger partial charge in [-0.25, -0.2) is 18.4 Å². The Hall–Kier alpha value is -3.12. The fourth-order valence-corrected chi connectivity index (χ4v) is 5.80. The molecule has 3 aromatic rings. The summed E-state index contributed by atoms with van der Waals surface area (Å²) in [7, 11) is -2.33. The molecular formula is C26H33N5O5S. The maximum atomic E-state index is 13.5. The van der Waals surface area contributed by atoms with Gasteiger partial charge in [0.15, 0.2) is 5.03 Å². The van der Waals surface area contributed by atoms with E-state index in [9.17, 15) is 18.3 Å². The number of benzene rings is 1. The summed E-state index contributed by atoms with van der Waals surface area (Å²) < 4.78 is 35.5. The molecule has 1 aliphatic rings. The van der Waals surface area contributed by atoms with Crippen LogP contribution in [0, 0.1) is 6.92 Å².